The number of phenolic OH excluding ortho intramolecular Hbond substituents is 1. The first-order valence-electron chi connectivity index (χ1n) is 19.9. The lowest BCUT2D eigenvalue weighted by Gasteiger charge is -2.41. The number of carbonyl (C=O) groups is 3. The summed E-state index contributed by atoms with van der Waals surface area (Å²) in [6.45, 7) is -0.350. The number of fused-ring (bicyclic) bond motifs is 5. The van der Waals surface area contributed by atoms with Crippen molar-refractivity contribution in [2.75, 3.05) is 20.3 Å². The van der Waals surface area contributed by atoms with E-state index in [4.69, 9.17) is 23.7 Å². The number of ether oxygens (including phenoxy) is 5. The molecular formula is C46H40N2O11. The van der Waals surface area contributed by atoms with Gasteiger partial charge in [0, 0.05) is 30.3 Å². The number of hydrogen-bond acceptors (Lipinski definition) is 12. The summed E-state index contributed by atoms with van der Waals surface area (Å²) in [5, 5.41) is 36.8. The Balaban J connectivity index is 1.21. The van der Waals surface area contributed by atoms with Crippen molar-refractivity contribution in [2.45, 2.75) is 81.4 Å². The molecule has 0 radical (unpaired) electrons. The van der Waals surface area contributed by atoms with Crippen LogP contribution in [0.4, 0.5) is 0 Å². The zero-order valence-corrected chi connectivity index (χ0v) is 32.1. The van der Waals surface area contributed by atoms with Crippen molar-refractivity contribution in [1.29, 1.82) is 0 Å². The quantitative estimate of drug-likeness (QED) is 0.317. The Labute approximate surface area is 338 Å². The second kappa shape index (κ2) is 14.7. The van der Waals surface area contributed by atoms with Gasteiger partial charge in [-0.05, 0) is 77.3 Å². The van der Waals surface area contributed by atoms with Crippen LogP contribution in [0.2, 0.25) is 0 Å². The summed E-state index contributed by atoms with van der Waals surface area (Å²) in [6.07, 6.45) is 8.06. The highest BCUT2D eigenvalue weighted by molar-refractivity contribution is 6.15. The number of carbonyl (C=O) groups excluding carboxylic acids is 3. The zero-order valence-electron chi connectivity index (χ0n) is 32.1. The first kappa shape index (κ1) is 37.2. The van der Waals surface area contributed by atoms with Crippen molar-refractivity contribution in [3.8, 4) is 29.3 Å². The predicted molar refractivity (Wildman–Crippen MR) is 213 cm³/mol. The number of hydrogen-bond donors (Lipinski definition) is 3. The molecule has 3 N–H and O–H groups in total. The number of ketones is 2. The van der Waals surface area contributed by atoms with Gasteiger partial charge in [-0.3, -0.25) is 19.4 Å². The molecule has 13 heteroatoms. The molecule has 1 saturated heterocycles. The van der Waals surface area contributed by atoms with E-state index in [0.29, 0.717) is 44.7 Å². The third-order valence-corrected chi connectivity index (χ3v) is 12.4. The lowest BCUT2D eigenvalue weighted by atomic mass is 9.86. The van der Waals surface area contributed by atoms with E-state index in [1.165, 1.54) is 18.1 Å². The SMILES string of the molecule is COc1cc2cc(C3CCCC3)c3c(O)c2c2c1/C=C/[C@H](C1=C4C(=O)C=CC=C4N=C1)OC[C@H]1O[C@H](O2)[C@H](O)[C@@H](OC#CCc2cccc4c2CN(CC3=O)C4=O)[C@@H]1O. The van der Waals surface area contributed by atoms with Crippen LogP contribution in [-0.4, -0.2) is 101 Å². The molecule has 300 valence electrons. The molecular weight excluding hydrogens is 757 g/mol. The van der Waals surface area contributed by atoms with Crippen LogP contribution >= 0.6 is 0 Å². The summed E-state index contributed by atoms with van der Waals surface area (Å²) in [5.41, 5.74) is 4.35. The molecule has 6 atom stereocenters. The predicted octanol–water partition coefficient (Wildman–Crippen LogP) is 4.59. The Morgan fingerprint density at radius 2 is 1.88 bits per heavy atom. The summed E-state index contributed by atoms with van der Waals surface area (Å²) in [6, 6.07) is 8.97. The summed E-state index contributed by atoms with van der Waals surface area (Å²) < 4.78 is 31.3. The van der Waals surface area contributed by atoms with Gasteiger partial charge in [0.05, 0.1) is 48.0 Å². The summed E-state index contributed by atoms with van der Waals surface area (Å²) >= 11 is 0. The highest BCUT2D eigenvalue weighted by Crippen LogP contribution is 2.49. The molecule has 5 aliphatic heterocycles. The van der Waals surface area contributed by atoms with Gasteiger partial charge in [0.25, 0.3) is 5.91 Å². The molecule has 5 heterocycles. The summed E-state index contributed by atoms with van der Waals surface area (Å²) in [4.78, 5) is 47.6. The van der Waals surface area contributed by atoms with Gasteiger partial charge >= 0.3 is 0 Å². The fraction of sp³-hybridized carbons (Fsp3) is 0.348. The van der Waals surface area contributed by atoms with E-state index in [1.807, 2.05) is 12.1 Å². The number of amides is 1. The van der Waals surface area contributed by atoms with Gasteiger partial charge < -0.3 is 43.9 Å². The monoisotopic (exact) mass is 796 g/mol. The highest BCUT2D eigenvalue weighted by atomic mass is 16.7. The third kappa shape index (κ3) is 6.17. The molecule has 8 bridgehead atoms. The maximum Gasteiger partial charge on any atom is 0.254 e. The topological polar surface area (TPSA) is 174 Å². The van der Waals surface area contributed by atoms with E-state index < -0.39 is 42.6 Å². The lowest BCUT2D eigenvalue weighted by Crippen LogP contribution is -2.61. The van der Waals surface area contributed by atoms with Gasteiger partial charge in [0.2, 0.25) is 6.29 Å². The van der Waals surface area contributed by atoms with Gasteiger partial charge in [0.15, 0.2) is 23.8 Å². The Morgan fingerprint density at radius 3 is 2.71 bits per heavy atom. The minimum Gasteiger partial charge on any atom is -0.506 e. The number of aliphatic hydroxyl groups excluding tert-OH is 2. The average Bonchev–Trinajstić information content (AvgIpc) is 3.99. The van der Waals surface area contributed by atoms with Crippen LogP contribution in [0.3, 0.4) is 0 Å². The molecule has 0 unspecified atom stereocenters. The fourth-order valence-electron chi connectivity index (χ4n) is 9.43. The molecule has 13 nitrogen and oxygen atoms in total. The highest BCUT2D eigenvalue weighted by Gasteiger charge is 2.49. The Bertz CT molecular complexity index is 2570. The van der Waals surface area contributed by atoms with E-state index in [0.717, 1.165) is 36.8 Å². The van der Waals surface area contributed by atoms with Gasteiger partial charge in [-0.1, -0.05) is 43.0 Å². The fourth-order valence-corrected chi connectivity index (χ4v) is 9.43. The minimum atomic E-state index is -1.62. The molecule has 7 aliphatic rings. The largest absolute Gasteiger partial charge is 0.506 e. The van der Waals surface area contributed by atoms with Gasteiger partial charge in [-0.15, -0.1) is 0 Å². The average molecular weight is 797 g/mol. The second-order valence-corrected chi connectivity index (χ2v) is 15.8. The molecule has 59 heavy (non-hydrogen) atoms. The molecule has 2 aliphatic carbocycles. The van der Waals surface area contributed by atoms with Crippen LogP contribution < -0.4 is 9.47 Å². The second-order valence-electron chi connectivity index (χ2n) is 15.8. The standard InChI is InChI=1S/C46H40N2O11/c1-55-35-18-25-17-28(23-7-2-3-8-23)39-33(50)21-48-20-30-24(9-4-11-26(30)45(48)54)10-6-16-56-44-40(51)36-22-57-34(29-19-47-31-12-5-13-32(49)38(29)31)15-14-27(35)43(37(25)41(39)52)59-46(58-36)42(44)53/h4-5,9,11-15,17-19,23,34,36,40,42,44,46,51-53H,2-3,7-8,10,20-22H2,1H3/b15-14+/t34-,36-,40-,42-,44+,46-/m1/s1. The maximum atomic E-state index is 14.7. The Morgan fingerprint density at radius 1 is 1.03 bits per heavy atom. The number of nitrogens with zero attached hydrogens (tertiary/aromatic N) is 2. The lowest BCUT2D eigenvalue weighted by molar-refractivity contribution is -0.279. The third-order valence-electron chi connectivity index (χ3n) is 12.4. The molecule has 0 aromatic heterocycles. The maximum absolute atomic E-state index is 14.7. The number of benzene rings is 3. The van der Waals surface area contributed by atoms with E-state index >= 15 is 0 Å². The number of Topliss-reactive ketones (excluding diaryl/α,β-unsaturated/α-hetero) is 1. The molecule has 2 fully saturated rings. The van der Waals surface area contributed by atoms with Crippen LogP contribution in [0.5, 0.6) is 17.2 Å². The van der Waals surface area contributed by atoms with E-state index in [2.05, 4.69) is 17.0 Å². The molecule has 3 aromatic carbocycles. The number of aliphatic hydroxyl groups is 2. The van der Waals surface area contributed by atoms with E-state index in [-0.39, 0.29) is 66.2 Å². The number of rotatable bonds is 3. The van der Waals surface area contributed by atoms with Crippen molar-refractivity contribution < 1.29 is 53.4 Å². The zero-order chi connectivity index (χ0) is 40.5. The van der Waals surface area contributed by atoms with Crippen molar-refractivity contribution in [3.63, 3.8) is 0 Å². The first-order valence-corrected chi connectivity index (χ1v) is 19.9. The first-order chi connectivity index (χ1) is 28.7. The van der Waals surface area contributed by atoms with Gasteiger partial charge in [-0.2, -0.15) is 0 Å². The van der Waals surface area contributed by atoms with Crippen LogP contribution in [0.25, 0.3) is 16.8 Å². The number of aliphatic imine (C=N–C) groups is 1. The number of phenols is 1. The van der Waals surface area contributed by atoms with Gasteiger partial charge in [0.1, 0.15) is 41.7 Å². The Hall–Kier alpha value is -6.04. The number of allylic oxidation sites excluding steroid dienone is 4. The molecule has 1 saturated carbocycles. The number of aromatic hydroxyl groups is 1. The molecule has 0 spiro atoms. The van der Waals surface area contributed by atoms with Gasteiger partial charge in [-0.25, -0.2) is 0 Å². The smallest absolute Gasteiger partial charge is 0.254 e. The number of methoxy groups -OCH3 is 1. The van der Waals surface area contributed by atoms with Crippen LogP contribution in [-0.2, 0) is 32.0 Å². The normalized spacial score (nSPS) is 27.9. The summed E-state index contributed by atoms with van der Waals surface area (Å²) in [7, 11) is 1.49. The van der Waals surface area contributed by atoms with Crippen molar-refractivity contribution in [2.24, 2.45) is 4.99 Å². The van der Waals surface area contributed by atoms with Crippen molar-refractivity contribution in [1.82, 2.24) is 4.90 Å². The summed E-state index contributed by atoms with van der Waals surface area (Å²) in [5.74, 6) is 1.94. The van der Waals surface area contributed by atoms with Crippen molar-refractivity contribution in [3.05, 3.63) is 105 Å². The molecule has 1 amide bonds. The van der Waals surface area contributed by atoms with E-state index in [9.17, 15) is 29.7 Å². The van der Waals surface area contributed by atoms with Crippen LogP contribution in [0.1, 0.15) is 74.6 Å². The van der Waals surface area contributed by atoms with Crippen LogP contribution in [0.15, 0.2) is 76.5 Å². The van der Waals surface area contributed by atoms with Crippen LogP contribution in [0, 0.1) is 12.0 Å². The van der Waals surface area contributed by atoms with Crippen molar-refractivity contribution >= 4 is 40.5 Å². The Kier molecular flexibility index (Phi) is 9.25. The van der Waals surface area contributed by atoms with E-state index in [1.54, 1.807) is 48.7 Å². The molecule has 3 aromatic rings. The molecule has 10 rings (SSSR count). The minimum absolute atomic E-state index is 0.00945.